The van der Waals surface area contributed by atoms with E-state index in [0.717, 1.165) is 17.4 Å². The lowest BCUT2D eigenvalue weighted by Crippen LogP contribution is -2.21. The Labute approximate surface area is 99.8 Å². The molecular formula is C13H15N3O. The van der Waals surface area contributed by atoms with Gasteiger partial charge in [0.05, 0.1) is 5.52 Å². The number of fused-ring (bicyclic) bond motifs is 1. The van der Waals surface area contributed by atoms with Gasteiger partial charge in [-0.3, -0.25) is 9.78 Å². The quantitative estimate of drug-likeness (QED) is 0.757. The van der Waals surface area contributed by atoms with Gasteiger partial charge in [0.15, 0.2) is 0 Å². The predicted octanol–water partition coefficient (Wildman–Crippen LogP) is 1.20. The number of nitrogens with two attached hydrogens (primary N) is 1. The molecule has 0 aliphatic carbocycles. The van der Waals surface area contributed by atoms with Crippen LogP contribution in [-0.2, 0) is 11.3 Å². The van der Waals surface area contributed by atoms with E-state index in [1.54, 1.807) is 6.20 Å². The van der Waals surface area contributed by atoms with Crippen LogP contribution in [0.3, 0.4) is 0 Å². The predicted molar refractivity (Wildman–Crippen MR) is 67.3 cm³/mol. The van der Waals surface area contributed by atoms with Crippen LogP contribution in [-0.4, -0.2) is 17.4 Å². The number of aromatic nitrogens is 1. The molecule has 0 spiro atoms. The Morgan fingerprint density at radius 3 is 3.06 bits per heavy atom. The SMILES string of the molecule is NC(=O)CCNCc1ccc2ncccc2c1. The normalized spacial score (nSPS) is 10.6. The Balaban J connectivity index is 1.97. The summed E-state index contributed by atoms with van der Waals surface area (Å²) in [6.07, 6.45) is 2.16. The van der Waals surface area contributed by atoms with Crippen LogP contribution in [0.4, 0.5) is 0 Å². The number of pyridine rings is 1. The summed E-state index contributed by atoms with van der Waals surface area (Å²) in [6.45, 7) is 1.35. The van der Waals surface area contributed by atoms with E-state index in [4.69, 9.17) is 5.73 Å². The Morgan fingerprint density at radius 1 is 1.35 bits per heavy atom. The van der Waals surface area contributed by atoms with Crippen LogP contribution in [0.2, 0.25) is 0 Å². The maximum absolute atomic E-state index is 10.6. The number of carbonyl (C=O) groups is 1. The summed E-state index contributed by atoms with van der Waals surface area (Å²) in [5.41, 5.74) is 7.23. The molecule has 0 fully saturated rings. The van der Waals surface area contributed by atoms with E-state index in [9.17, 15) is 4.79 Å². The molecule has 4 nitrogen and oxygen atoms in total. The van der Waals surface area contributed by atoms with Gasteiger partial charge in [0, 0.05) is 31.1 Å². The molecule has 1 aromatic heterocycles. The van der Waals surface area contributed by atoms with E-state index < -0.39 is 0 Å². The van der Waals surface area contributed by atoms with E-state index in [1.807, 2.05) is 24.3 Å². The molecular weight excluding hydrogens is 214 g/mol. The fourth-order valence-electron chi connectivity index (χ4n) is 1.68. The summed E-state index contributed by atoms with van der Waals surface area (Å²) >= 11 is 0. The van der Waals surface area contributed by atoms with Crippen LogP contribution in [0.5, 0.6) is 0 Å². The Morgan fingerprint density at radius 2 is 2.24 bits per heavy atom. The Kier molecular flexibility index (Phi) is 3.67. The van der Waals surface area contributed by atoms with Gasteiger partial charge >= 0.3 is 0 Å². The van der Waals surface area contributed by atoms with Gasteiger partial charge in [0.2, 0.25) is 5.91 Å². The molecule has 0 bridgehead atoms. The van der Waals surface area contributed by atoms with Crippen molar-refractivity contribution in [3.05, 3.63) is 42.1 Å². The average molecular weight is 229 g/mol. The highest BCUT2D eigenvalue weighted by Crippen LogP contribution is 2.12. The standard InChI is InChI=1S/C13H15N3O/c14-13(17)5-7-15-9-10-3-4-12-11(8-10)2-1-6-16-12/h1-4,6,8,15H,5,7,9H2,(H2,14,17). The van der Waals surface area contributed by atoms with Crippen LogP contribution in [0.15, 0.2) is 36.5 Å². The van der Waals surface area contributed by atoms with Crippen molar-refractivity contribution >= 4 is 16.8 Å². The molecule has 3 N–H and O–H groups in total. The molecule has 2 aromatic rings. The van der Waals surface area contributed by atoms with E-state index in [-0.39, 0.29) is 5.91 Å². The molecule has 0 radical (unpaired) electrons. The van der Waals surface area contributed by atoms with Crippen LogP contribution in [0.25, 0.3) is 10.9 Å². The summed E-state index contributed by atoms with van der Waals surface area (Å²) in [7, 11) is 0. The lowest BCUT2D eigenvalue weighted by atomic mass is 10.1. The monoisotopic (exact) mass is 229 g/mol. The smallest absolute Gasteiger partial charge is 0.218 e. The van der Waals surface area contributed by atoms with E-state index in [2.05, 4.69) is 16.4 Å². The fraction of sp³-hybridized carbons (Fsp3) is 0.231. The third-order valence-corrected chi connectivity index (χ3v) is 2.54. The minimum Gasteiger partial charge on any atom is -0.370 e. The van der Waals surface area contributed by atoms with Gasteiger partial charge in [-0.2, -0.15) is 0 Å². The minimum absolute atomic E-state index is 0.278. The molecule has 0 atom stereocenters. The summed E-state index contributed by atoms with van der Waals surface area (Å²) in [6, 6.07) is 10.1. The lowest BCUT2D eigenvalue weighted by molar-refractivity contribution is -0.117. The Bertz CT molecular complexity index is 525. The summed E-state index contributed by atoms with van der Waals surface area (Å²) in [5, 5.41) is 4.30. The number of nitrogens with one attached hydrogen (secondary N) is 1. The van der Waals surface area contributed by atoms with Gasteiger partial charge < -0.3 is 11.1 Å². The van der Waals surface area contributed by atoms with Crippen molar-refractivity contribution in [2.24, 2.45) is 5.73 Å². The summed E-state index contributed by atoms with van der Waals surface area (Å²) in [4.78, 5) is 14.8. The lowest BCUT2D eigenvalue weighted by Gasteiger charge is -2.04. The van der Waals surface area contributed by atoms with Crippen LogP contribution < -0.4 is 11.1 Å². The number of nitrogens with zero attached hydrogens (tertiary/aromatic N) is 1. The van der Waals surface area contributed by atoms with Crippen LogP contribution in [0.1, 0.15) is 12.0 Å². The third kappa shape index (κ3) is 3.26. The Hall–Kier alpha value is -1.94. The molecule has 1 amide bonds. The zero-order valence-electron chi connectivity index (χ0n) is 9.52. The summed E-state index contributed by atoms with van der Waals surface area (Å²) in [5.74, 6) is -0.278. The van der Waals surface area contributed by atoms with Gasteiger partial charge in [0.1, 0.15) is 0 Å². The van der Waals surface area contributed by atoms with Crippen molar-refractivity contribution in [2.45, 2.75) is 13.0 Å². The van der Waals surface area contributed by atoms with Crippen LogP contribution >= 0.6 is 0 Å². The molecule has 0 aliphatic heterocycles. The van der Waals surface area contributed by atoms with Gasteiger partial charge in [-0.15, -0.1) is 0 Å². The molecule has 0 saturated heterocycles. The highest BCUT2D eigenvalue weighted by Gasteiger charge is 1.98. The largest absolute Gasteiger partial charge is 0.370 e. The maximum Gasteiger partial charge on any atom is 0.218 e. The van der Waals surface area contributed by atoms with E-state index in [0.29, 0.717) is 13.0 Å². The van der Waals surface area contributed by atoms with Gasteiger partial charge in [0.25, 0.3) is 0 Å². The second-order valence-corrected chi connectivity index (χ2v) is 3.92. The zero-order chi connectivity index (χ0) is 12.1. The number of amides is 1. The fourth-order valence-corrected chi connectivity index (χ4v) is 1.68. The first kappa shape index (κ1) is 11.5. The first-order chi connectivity index (χ1) is 8.25. The van der Waals surface area contributed by atoms with Gasteiger partial charge in [-0.1, -0.05) is 12.1 Å². The zero-order valence-corrected chi connectivity index (χ0v) is 9.52. The van der Waals surface area contributed by atoms with Crippen molar-refractivity contribution in [3.63, 3.8) is 0 Å². The van der Waals surface area contributed by atoms with Crippen molar-refractivity contribution in [3.8, 4) is 0 Å². The highest BCUT2D eigenvalue weighted by molar-refractivity contribution is 5.78. The number of benzene rings is 1. The maximum atomic E-state index is 10.6. The molecule has 0 unspecified atom stereocenters. The molecule has 1 aromatic carbocycles. The topological polar surface area (TPSA) is 68.0 Å². The van der Waals surface area contributed by atoms with Crippen molar-refractivity contribution in [1.29, 1.82) is 0 Å². The number of rotatable bonds is 5. The van der Waals surface area contributed by atoms with Crippen molar-refractivity contribution < 1.29 is 4.79 Å². The van der Waals surface area contributed by atoms with Crippen molar-refractivity contribution in [2.75, 3.05) is 6.54 Å². The second-order valence-electron chi connectivity index (χ2n) is 3.92. The third-order valence-electron chi connectivity index (χ3n) is 2.54. The number of hydrogen-bond acceptors (Lipinski definition) is 3. The van der Waals surface area contributed by atoms with Crippen molar-refractivity contribution in [1.82, 2.24) is 10.3 Å². The molecule has 17 heavy (non-hydrogen) atoms. The first-order valence-corrected chi connectivity index (χ1v) is 5.58. The second kappa shape index (κ2) is 5.41. The number of primary amides is 1. The molecule has 0 saturated carbocycles. The molecule has 0 aliphatic rings. The molecule has 4 heteroatoms. The highest BCUT2D eigenvalue weighted by atomic mass is 16.1. The molecule has 2 rings (SSSR count). The average Bonchev–Trinajstić information content (AvgIpc) is 2.34. The first-order valence-electron chi connectivity index (χ1n) is 5.58. The minimum atomic E-state index is -0.278. The summed E-state index contributed by atoms with van der Waals surface area (Å²) < 4.78 is 0. The molecule has 1 heterocycles. The number of carbonyl (C=O) groups excluding carboxylic acids is 1. The van der Waals surface area contributed by atoms with Gasteiger partial charge in [-0.25, -0.2) is 0 Å². The van der Waals surface area contributed by atoms with E-state index >= 15 is 0 Å². The van der Waals surface area contributed by atoms with Gasteiger partial charge in [-0.05, 0) is 23.8 Å². The molecule has 88 valence electrons. The van der Waals surface area contributed by atoms with E-state index in [1.165, 1.54) is 5.56 Å². The van der Waals surface area contributed by atoms with Crippen LogP contribution in [0, 0.1) is 0 Å². The number of hydrogen-bond donors (Lipinski definition) is 2.